The standard InChI is InChI=1S/C13H15BrFN3/c1-2-6-18-7-5-16-13(18)9-17-12-4-3-10(14)8-11(12)15/h3-5,7-8,17H,2,6,9H2,1H3. The smallest absolute Gasteiger partial charge is 0.147 e. The van der Waals surface area contributed by atoms with E-state index in [9.17, 15) is 4.39 Å². The molecular formula is C13H15BrFN3. The van der Waals surface area contributed by atoms with Crippen LogP contribution in [0.2, 0.25) is 0 Å². The molecule has 0 radical (unpaired) electrons. The number of halogens is 2. The van der Waals surface area contributed by atoms with Gasteiger partial charge in [0, 0.05) is 23.4 Å². The van der Waals surface area contributed by atoms with E-state index >= 15 is 0 Å². The van der Waals surface area contributed by atoms with Gasteiger partial charge in [-0.15, -0.1) is 0 Å². The molecule has 0 spiro atoms. The van der Waals surface area contributed by atoms with Gasteiger partial charge in [0.15, 0.2) is 0 Å². The average Bonchev–Trinajstić information content (AvgIpc) is 2.76. The fourth-order valence-corrected chi connectivity index (χ4v) is 2.09. The molecule has 1 aromatic heterocycles. The normalized spacial score (nSPS) is 10.6. The van der Waals surface area contributed by atoms with E-state index in [0.29, 0.717) is 12.2 Å². The molecule has 1 N–H and O–H groups in total. The van der Waals surface area contributed by atoms with E-state index in [1.54, 1.807) is 12.3 Å². The molecule has 5 heteroatoms. The third-order valence-electron chi connectivity index (χ3n) is 2.63. The van der Waals surface area contributed by atoms with Crippen LogP contribution in [0.5, 0.6) is 0 Å². The summed E-state index contributed by atoms with van der Waals surface area (Å²) in [6.45, 7) is 3.57. The lowest BCUT2D eigenvalue weighted by Gasteiger charge is -2.09. The van der Waals surface area contributed by atoms with Crippen LogP contribution in [-0.4, -0.2) is 9.55 Å². The Morgan fingerprint density at radius 3 is 3.00 bits per heavy atom. The molecule has 0 unspecified atom stereocenters. The molecule has 2 rings (SSSR count). The van der Waals surface area contributed by atoms with Crippen molar-refractivity contribution >= 4 is 21.6 Å². The summed E-state index contributed by atoms with van der Waals surface area (Å²) in [5.74, 6) is 0.650. The van der Waals surface area contributed by atoms with Crippen molar-refractivity contribution in [3.05, 3.63) is 46.7 Å². The first-order valence-electron chi connectivity index (χ1n) is 5.89. The van der Waals surface area contributed by atoms with Crippen LogP contribution in [0.25, 0.3) is 0 Å². The molecule has 3 nitrogen and oxygen atoms in total. The van der Waals surface area contributed by atoms with Gasteiger partial charge in [-0.3, -0.25) is 0 Å². The minimum absolute atomic E-state index is 0.266. The van der Waals surface area contributed by atoms with Crippen LogP contribution in [-0.2, 0) is 13.1 Å². The maximum absolute atomic E-state index is 13.6. The number of imidazole rings is 1. The van der Waals surface area contributed by atoms with Crippen molar-refractivity contribution < 1.29 is 4.39 Å². The topological polar surface area (TPSA) is 29.9 Å². The first-order chi connectivity index (χ1) is 8.70. The van der Waals surface area contributed by atoms with Gasteiger partial charge in [-0.25, -0.2) is 9.37 Å². The minimum Gasteiger partial charge on any atom is -0.375 e. The van der Waals surface area contributed by atoms with E-state index in [2.05, 4.69) is 37.7 Å². The lowest BCUT2D eigenvalue weighted by atomic mass is 10.3. The Morgan fingerprint density at radius 2 is 2.28 bits per heavy atom. The van der Waals surface area contributed by atoms with Gasteiger partial charge in [-0.2, -0.15) is 0 Å². The maximum atomic E-state index is 13.6. The predicted molar refractivity (Wildman–Crippen MR) is 73.9 cm³/mol. The number of rotatable bonds is 5. The summed E-state index contributed by atoms with van der Waals surface area (Å²) in [6, 6.07) is 4.97. The molecule has 0 aliphatic heterocycles. The summed E-state index contributed by atoms with van der Waals surface area (Å²) >= 11 is 3.23. The zero-order valence-electron chi connectivity index (χ0n) is 10.2. The van der Waals surface area contributed by atoms with E-state index in [4.69, 9.17) is 0 Å². The van der Waals surface area contributed by atoms with Gasteiger partial charge in [0.1, 0.15) is 11.6 Å². The SMILES string of the molecule is CCCn1ccnc1CNc1ccc(Br)cc1F. The van der Waals surface area contributed by atoms with Crippen LogP contribution < -0.4 is 5.32 Å². The Balaban J connectivity index is 2.04. The van der Waals surface area contributed by atoms with Crippen LogP contribution in [0.15, 0.2) is 35.1 Å². The van der Waals surface area contributed by atoms with Crippen molar-refractivity contribution in [1.29, 1.82) is 0 Å². The van der Waals surface area contributed by atoms with Crippen LogP contribution in [0.3, 0.4) is 0 Å². The fraction of sp³-hybridized carbons (Fsp3) is 0.308. The number of benzene rings is 1. The van der Waals surface area contributed by atoms with Gasteiger partial charge in [0.25, 0.3) is 0 Å². The van der Waals surface area contributed by atoms with Gasteiger partial charge in [-0.05, 0) is 24.6 Å². The second-order valence-corrected chi connectivity index (χ2v) is 4.93. The monoisotopic (exact) mass is 311 g/mol. The molecule has 0 saturated carbocycles. The summed E-state index contributed by atoms with van der Waals surface area (Å²) in [5, 5.41) is 3.06. The highest BCUT2D eigenvalue weighted by Gasteiger charge is 2.05. The van der Waals surface area contributed by atoms with E-state index < -0.39 is 0 Å². The first-order valence-corrected chi connectivity index (χ1v) is 6.69. The van der Waals surface area contributed by atoms with Crippen molar-refractivity contribution in [2.45, 2.75) is 26.4 Å². The van der Waals surface area contributed by atoms with Crippen LogP contribution in [0, 0.1) is 5.82 Å². The number of aromatic nitrogens is 2. The molecule has 0 saturated heterocycles. The van der Waals surface area contributed by atoms with Gasteiger partial charge in [-0.1, -0.05) is 22.9 Å². The molecule has 0 aliphatic carbocycles. The number of nitrogens with one attached hydrogen (secondary N) is 1. The molecular weight excluding hydrogens is 297 g/mol. The molecule has 0 fully saturated rings. The summed E-state index contributed by atoms with van der Waals surface area (Å²) in [5.41, 5.74) is 0.490. The average molecular weight is 312 g/mol. The van der Waals surface area contributed by atoms with Gasteiger partial charge in [0.05, 0.1) is 12.2 Å². The van der Waals surface area contributed by atoms with Crippen LogP contribution >= 0.6 is 15.9 Å². The Labute approximate surface area is 114 Å². The summed E-state index contributed by atoms with van der Waals surface area (Å²) in [6.07, 6.45) is 4.76. The first kappa shape index (κ1) is 13.1. The molecule has 0 aliphatic rings. The number of aryl methyl sites for hydroxylation is 1. The van der Waals surface area contributed by atoms with E-state index in [-0.39, 0.29) is 5.82 Å². The molecule has 0 atom stereocenters. The molecule has 96 valence electrons. The number of nitrogens with zero attached hydrogens (tertiary/aromatic N) is 2. The Hall–Kier alpha value is -1.36. The molecule has 18 heavy (non-hydrogen) atoms. The molecule has 0 amide bonds. The number of hydrogen-bond acceptors (Lipinski definition) is 2. The molecule has 1 aromatic carbocycles. The van der Waals surface area contributed by atoms with E-state index in [1.807, 2.05) is 12.3 Å². The highest BCUT2D eigenvalue weighted by Crippen LogP contribution is 2.19. The van der Waals surface area contributed by atoms with Crippen LogP contribution in [0.4, 0.5) is 10.1 Å². The zero-order chi connectivity index (χ0) is 13.0. The lowest BCUT2D eigenvalue weighted by Crippen LogP contribution is -2.09. The quantitative estimate of drug-likeness (QED) is 0.910. The maximum Gasteiger partial charge on any atom is 0.147 e. The molecule has 2 aromatic rings. The molecule has 0 bridgehead atoms. The third-order valence-corrected chi connectivity index (χ3v) is 3.13. The zero-order valence-corrected chi connectivity index (χ0v) is 11.7. The molecule has 1 heterocycles. The summed E-state index contributed by atoms with van der Waals surface area (Å²) in [4.78, 5) is 4.27. The number of anilines is 1. The Kier molecular flexibility index (Phi) is 4.36. The van der Waals surface area contributed by atoms with Crippen molar-refractivity contribution in [1.82, 2.24) is 9.55 Å². The number of hydrogen-bond donors (Lipinski definition) is 1. The van der Waals surface area contributed by atoms with E-state index in [0.717, 1.165) is 23.3 Å². The highest BCUT2D eigenvalue weighted by molar-refractivity contribution is 9.10. The lowest BCUT2D eigenvalue weighted by molar-refractivity contribution is 0.624. The largest absolute Gasteiger partial charge is 0.375 e. The van der Waals surface area contributed by atoms with Crippen molar-refractivity contribution in [3.8, 4) is 0 Å². The van der Waals surface area contributed by atoms with Crippen LogP contribution in [0.1, 0.15) is 19.2 Å². The van der Waals surface area contributed by atoms with Gasteiger partial charge >= 0.3 is 0 Å². The predicted octanol–water partition coefficient (Wildman–Crippen LogP) is 3.81. The summed E-state index contributed by atoms with van der Waals surface area (Å²) < 4.78 is 16.4. The van der Waals surface area contributed by atoms with E-state index in [1.165, 1.54) is 6.07 Å². The highest BCUT2D eigenvalue weighted by atomic mass is 79.9. The van der Waals surface area contributed by atoms with Crippen molar-refractivity contribution in [3.63, 3.8) is 0 Å². The van der Waals surface area contributed by atoms with Gasteiger partial charge in [0.2, 0.25) is 0 Å². The Bertz CT molecular complexity index is 525. The second kappa shape index (κ2) is 6.00. The minimum atomic E-state index is -0.266. The van der Waals surface area contributed by atoms with Crippen molar-refractivity contribution in [2.75, 3.05) is 5.32 Å². The third kappa shape index (κ3) is 3.10. The summed E-state index contributed by atoms with van der Waals surface area (Å²) in [7, 11) is 0. The second-order valence-electron chi connectivity index (χ2n) is 4.01. The Morgan fingerprint density at radius 1 is 1.44 bits per heavy atom. The van der Waals surface area contributed by atoms with Crippen molar-refractivity contribution in [2.24, 2.45) is 0 Å². The fourth-order valence-electron chi connectivity index (χ4n) is 1.76. The van der Waals surface area contributed by atoms with Gasteiger partial charge < -0.3 is 9.88 Å².